The Morgan fingerprint density at radius 2 is 0.551 bits per heavy atom. The molecule has 6 heteroatoms. The molecule has 0 N–H and O–H groups in total. The Bertz CT molecular complexity index is 723. The summed E-state index contributed by atoms with van der Waals surface area (Å²) in [6.07, 6.45) is 38.2. The lowest BCUT2D eigenvalue weighted by Crippen LogP contribution is -2.30. The molecule has 0 bridgehead atoms. The molecule has 0 saturated heterocycles. The number of ether oxygens (including phenoxy) is 3. The summed E-state index contributed by atoms with van der Waals surface area (Å²) >= 11 is 0. The van der Waals surface area contributed by atoms with Gasteiger partial charge in [-0.15, -0.1) is 0 Å². The Labute approximate surface area is 304 Å². The maximum absolute atomic E-state index is 12.6. The molecule has 0 fully saturated rings. The minimum Gasteiger partial charge on any atom is -0.462 e. The van der Waals surface area contributed by atoms with Gasteiger partial charge < -0.3 is 14.2 Å². The van der Waals surface area contributed by atoms with Crippen LogP contribution >= 0.6 is 0 Å². The Morgan fingerprint density at radius 1 is 0.327 bits per heavy atom. The number of rotatable bonds is 39. The highest BCUT2D eigenvalue weighted by molar-refractivity contribution is 5.71. The lowest BCUT2D eigenvalue weighted by atomic mass is 10.0. The van der Waals surface area contributed by atoms with Crippen LogP contribution < -0.4 is 0 Å². The van der Waals surface area contributed by atoms with Crippen molar-refractivity contribution in [3.63, 3.8) is 0 Å². The first-order chi connectivity index (χ1) is 24.0. The van der Waals surface area contributed by atoms with Crippen LogP contribution in [0.5, 0.6) is 0 Å². The first-order valence-corrected chi connectivity index (χ1v) is 21.5. The standard InChI is InChI=1S/C43H82O6/c1-4-7-10-13-16-18-19-20-21-22-23-24-25-28-30-33-36-42(45)48-39-40(38-47-41(44)35-32-29-26-15-12-9-6-3)49-43(46)37-34-31-27-17-14-11-8-5-2/h40H,4-39H2,1-3H3. The molecule has 49 heavy (non-hydrogen) atoms. The van der Waals surface area contributed by atoms with Crippen LogP contribution in [-0.2, 0) is 28.6 Å². The van der Waals surface area contributed by atoms with Crippen LogP contribution in [0.25, 0.3) is 0 Å². The van der Waals surface area contributed by atoms with Crippen molar-refractivity contribution in [1.82, 2.24) is 0 Å². The van der Waals surface area contributed by atoms with Gasteiger partial charge in [-0.3, -0.25) is 14.4 Å². The molecule has 0 aromatic carbocycles. The molecule has 0 radical (unpaired) electrons. The Hall–Kier alpha value is -1.59. The summed E-state index contributed by atoms with van der Waals surface area (Å²) in [4.78, 5) is 37.4. The third kappa shape index (κ3) is 37.5. The SMILES string of the molecule is CCCCCCCCCCCCCCCCCCC(=O)OCC(COC(=O)CCCCCCCCC)OC(=O)CCCCCCCCCC. The highest BCUT2D eigenvalue weighted by Gasteiger charge is 2.19. The molecule has 0 aliphatic carbocycles. The number of esters is 3. The van der Waals surface area contributed by atoms with Crippen molar-refractivity contribution < 1.29 is 28.6 Å². The summed E-state index contributed by atoms with van der Waals surface area (Å²) in [5.74, 6) is -0.867. The number of unbranched alkanes of at least 4 members (excludes halogenated alkanes) is 28. The second kappa shape index (κ2) is 39.2. The van der Waals surface area contributed by atoms with Crippen molar-refractivity contribution in [2.24, 2.45) is 0 Å². The minimum absolute atomic E-state index is 0.0639. The van der Waals surface area contributed by atoms with Crippen molar-refractivity contribution in [2.75, 3.05) is 13.2 Å². The average molecular weight is 695 g/mol. The lowest BCUT2D eigenvalue weighted by Gasteiger charge is -2.18. The van der Waals surface area contributed by atoms with E-state index in [1.807, 2.05) is 0 Å². The Balaban J connectivity index is 4.18. The zero-order valence-corrected chi connectivity index (χ0v) is 33.0. The van der Waals surface area contributed by atoms with Crippen molar-refractivity contribution in [3.05, 3.63) is 0 Å². The number of carbonyl (C=O) groups excluding carboxylic acids is 3. The van der Waals surface area contributed by atoms with Crippen molar-refractivity contribution in [1.29, 1.82) is 0 Å². The van der Waals surface area contributed by atoms with E-state index in [1.165, 1.54) is 141 Å². The van der Waals surface area contributed by atoms with Gasteiger partial charge in [0.05, 0.1) is 0 Å². The summed E-state index contributed by atoms with van der Waals surface area (Å²) in [5.41, 5.74) is 0. The zero-order valence-electron chi connectivity index (χ0n) is 33.0. The van der Waals surface area contributed by atoms with E-state index in [0.717, 1.165) is 57.8 Å². The summed E-state index contributed by atoms with van der Waals surface area (Å²) in [7, 11) is 0. The molecular weight excluding hydrogens is 612 g/mol. The molecule has 0 rings (SSSR count). The van der Waals surface area contributed by atoms with E-state index in [-0.39, 0.29) is 31.1 Å². The van der Waals surface area contributed by atoms with E-state index < -0.39 is 6.10 Å². The molecule has 290 valence electrons. The van der Waals surface area contributed by atoms with Gasteiger partial charge >= 0.3 is 17.9 Å². The average Bonchev–Trinajstić information content (AvgIpc) is 3.10. The Morgan fingerprint density at radius 3 is 0.816 bits per heavy atom. The van der Waals surface area contributed by atoms with E-state index in [1.54, 1.807) is 0 Å². The third-order valence-corrected chi connectivity index (χ3v) is 9.61. The fraction of sp³-hybridized carbons (Fsp3) is 0.930. The van der Waals surface area contributed by atoms with Gasteiger partial charge in [-0.25, -0.2) is 0 Å². The molecule has 0 aromatic rings. The second-order valence-corrected chi connectivity index (χ2v) is 14.6. The van der Waals surface area contributed by atoms with Gasteiger partial charge in [-0.1, -0.05) is 201 Å². The monoisotopic (exact) mass is 695 g/mol. The fourth-order valence-electron chi connectivity index (χ4n) is 6.32. The highest BCUT2D eigenvalue weighted by Crippen LogP contribution is 2.15. The van der Waals surface area contributed by atoms with Crippen LogP contribution in [0, 0.1) is 0 Å². The number of hydrogen-bond donors (Lipinski definition) is 0. The van der Waals surface area contributed by atoms with E-state index in [4.69, 9.17) is 14.2 Å². The lowest BCUT2D eigenvalue weighted by molar-refractivity contribution is -0.167. The predicted molar refractivity (Wildman–Crippen MR) is 206 cm³/mol. The fourth-order valence-corrected chi connectivity index (χ4v) is 6.32. The van der Waals surface area contributed by atoms with Crippen LogP contribution in [0.15, 0.2) is 0 Å². The van der Waals surface area contributed by atoms with E-state index in [0.29, 0.717) is 19.3 Å². The van der Waals surface area contributed by atoms with Crippen LogP contribution in [0.3, 0.4) is 0 Å². The quantitative estimate of drug-likeness (QED) is 0.0362. The summed E-state index contributed by atoms with van der Waals surface area (Å²) < 4.78 is 16.6. The normalized spacial score (nSPS) is 11.8. The maximum Gasteiger partial charge on any atom is 0.306 e. The second-order valence-electron chi connectivity index (χ2n) is 14.6. The van der Waals surface area contributed by atoms with Crippen LogP contribution in [0.4, 0.5) is 0 Å². The first kappa shape index (κ1) is 47.4. The maximum atomic E-state index is 12.6. The molecule has 0 amide bonds. The molecule has 0 saturated carbocycles. The molecule has 0 heterocycles. The summed E-state index contributed by atoms with van der Waals surface area (Å²) in [5, 5.41) is 0. The topological polar surface area (TPSA) is 78.9 Å². The molecule has 0 spiro atoms. The van der Waals surface area contributed by atoms with Gasteiger partial charge in [0.25, 0.3) is 0 Å². The smallest absolute Gasteiger partial charge is 0.306 e. The van der Waals surface area contributed by atoms with Crippen LogP contribution in [0.1, 0.15) is 239 Å². The largest absolute Gasteiger partial charge is 0.462 e. The van der Waals surface area contributed by atoms with Crippen molar-refractivity contribution in [3.8, 4) is 0 Å². The molecule has 6 nitrogen and oxygen atoms in total. The third-order valence-electron chi connectivity index (χ3n) is 9.61. The minimum atomic E-state index is -0.755. The van der Waals surface area contributed by atoms with Crippen molar-refractivity contribution >= 4 is 17.9 Å². The van der Waals surface area contributed by atoms with Gasteiger partial charge in [0, 0.05) is 19.3 Å². The van der Waals surface area contributed by atoms with Gasteiger partial charge in [0.2, 0.25) is 0 Å². The van der Waals surface area contributed by atoms with Crippen LogP contribution in [-0.4, -0.2) is 37.2 Å². The molecule has 0 aliphatic rings. The zero-order chi connectivity index (χ0) is 35.9. The Kier molecular flexibility index (Phi) is 37.9. The van der Waals surface area contributed by atoms with Gasteiger partial charge in [-0.05, 0) is 19.3 Å². The molecule has 1 atom stereocenters. The van der Waals surface area contributed by atoms with E-state index >= 15 is 0 Å². The van der Waals surface area contributed by atoms with E-state index in [9.17, 15) is 14.4 Å². The predicted octanol–water partition coefficient (Wildman–Crippen LogP) is 13.3. The van der Waals surface area contributed by atoms with Gasteiger partial charge in [0.15, 0.2) is 6.10 Å². The van der Waals surface area contributed by atoms with E-state index in [2.05, 4.69) is 20.8 Å². The number of carbonyl (C=O) groups is 3. The van der Waals surface area contributed by atoms with Crippen LogP contribution in [0.2, 0.25) is 0 Å². The molecular formula is C43H82O6. The molecule has 1 unspecified atom stereocenters. The molecule has 0 aliphatic heterocycles. The van der Waals surface area contributed by atoms with Gasteiger partial charge in [-0.2, -0.15) is 0 Å². The number of hydrogen-bond acceptors (Lipinski definition) is 6. The van der Waals surface area contributed by atoms with Gasteiger partial charge in [0.1, 0.15) is 13.2 Å². The highest BCUT2D eigenvalue weighted by atomic mass is 16.6. The first-order valence-electron chi connectivity index (χ1n) is 21.5. The van der Waals surface area contributed by atoms with Crippen molar-refractivity contribution in [2.45, 2.75) is 245 Å². The molecule has 0 aromatic heterocycles. The summed E-state index contributed by atoms with van der Waals surface area (Å²) in [6.45, 7) is 6.58. The summed E-state index contributed by atoms with van der Waals surface area (Å²) in [6, 6.07) is 0.